The SMILES string of the molecule is CC1(C)CC[C@]2(C)C[C@]3(C)[C@H]4CC=C5[C@@H](CC[C@H](O)C5(C)C)[C@]4(C)CC[C@@]3(C)[C@@H]2C1. The molecule has 8 atom stereocenters. The first-order valence-electron chi connectivity index (χ1n) is 13.1. The minimum absolute atomic E-state index is 0.0434. The van der Waals surface area contributed by atoms with Gasteiger partial charge < -0.3 is 5.11 Å². The van der Waals surface area contributed by atoms with Crippen molar-refractivity contribution >= 4 is 0 Å². The van der Waals surface area contributed by atoms with Gasteiger partial charge in [0.25, 0.3) is 0 Å². The van der Waals surface area contributed by atoms with E-state index in [1.807, 2.05) is 0 Å². The van der Waals surface area contributed by atoms with E-state index in [9.17, 15) is 5.11 Å². The molecule has 0 aliphatic heterocycles. The zero-order valence-corrected chi connectivity index (χ0v) is 21.2. The molecule has 4 fully saturated rings. The third-order valence-electron chi connectivity index (χ3n) is 12.6. The van der Waals surface area contributed by atoms with E-state index in [0.717, 1.165) is 18.3 Å². The Bertz CT molecular complexity index is 775. The van der Waals surface area contributed by atoms with E-state index < -0.39 is 0 Å². The monoisotopic (exact) mass is 412 g/mol. The van der Waals surface area contributed by atoms with Gasteiger partial charge in [-0.1, -0.05) is 67.0 Å². The molecule has 1 nitrogen and oxygen atoms in total. The fraction of sp³-hybridized carbons (Fsp3) is 0.931. The Morgan fingerprint density at radius 1 is 0.800 bits per heavy atom. The van der Waals surface area contributed by atoms with E-state index in [2.05, 4.69) is 61.5 Å². The fourth-order valence-corrected chi connectivity index (χ4v) is 10.5. The zero-order valence-electron chi connectivity index (χ0n) is 21.2. The van der Waals surface area contributed by atoms with Gasteiger partial charge in [0.05, 0.1) is 6.10 Å². The number of rotatable bonds is 0. The third-order valence-corrected chi connectivity index (χ3v) is 12.6. The van der Waals surface area contributed by atoms with Crippen LogP contribution in [0.1, 0.15) is 113 Å². The normalized spacial score (nSPS) is 56.2. The molecule has 5 rings (SSSR count). The highest BCUT2D eigenvalue weighted by atomic mass is 16.3. The van der Waals surface area contributed by atoms with Gasteiger partial charge in [-0.3, -0.25) is 0 Å². The summed E-state index contributed by atoms with van der Waals surface area (Å²) in [7, 11) is 0. The van der Waals surface area contributed by atoms with Gasteiger partial charge in [-0.15, -0.1) is 0 Å². The van der Waals surface area contributed by atoms with Gasteiger partial charge in [0, 0.05) is 5.41 Å². The summed E-state index contributed by atoms with van der Waals surface area (Å²) >= 11 is 0. The molecule has 1 heteroatoms. The summed E-state index contributed by atoms with van der Waals surface area (Å²) in [6.45, 7) is 20.5. The molecule has 0 aromatic heterocycles. The standard InChI is InChI=1S/C29H48O/c1-24(2)13-14-26(5)18-29(8)21-11-9-19-20(10-12-23(30)25(19,3)4)27(21,6)15-16-28(29,7)22(26)17-24/h9,20-23,30H,10-18H2,1-8H3/t20-,21+,22-,23+,26-,27+,28+,29-/m1/s1. The van der Waals surface area contributed by atoms with Crippen LogP contribution in [0.4, 0.5) is 0 Å². The Balaban J connectivity index is 1.58. The number of hydrogen-bond donors (Lipinski definition) is 1. The number of allylic oxidation sites excluding steroid dienone is 1. The molecule has 0 heterocycles. The van der Waals surface area contributed by atoms with Crippen LogP contribution in [0.5, 0.6) is 0 Å². The number of aliphatic hydroxyl groups is 1. The van der Waals surface area contributed by atoms with Crippen molar-refractivity contribution < 1.29 is 5.11 Å². The van der Waals surface area contributed by atoms with Crippen LogP contribution in [-0.2, 0) is 0 Å². The Morgan fingerprint density at radius 2 is 1.50 bits per heavy atom. The Morgan fingerprint density at radius 3 is 2.20 bits per heavy atom. The minimum Gasteiger partial charge on any atom is -0.392 e. The van der Waals surface area contributed by atoms with E-state index in [4.69, 9.17) is 0 Å². The van der Waals surface area contributed by atoms with Crippen molar-refractivity contribution in [2.45, 2.75) is 119 Å². The van der Waals surface area contributed by atoms with Crippen molar-refractivity contribution in [2.75, 3.05) is 0 Å². The largest absolute Gasteiger partial charge is 0.392 e. The minimum atomic E-state index is -0.167. The van der Waals surface area contributed by atoms with Crippen LogP contribution in [0.15, 0.2) is 11.6 Å². The van der Waals surface area contributed by atoms with E-state index in [1.165, 1.54) is 51.4 Å². The van der Waals surface area contributed by atoms with E-state index in [1.54, 1.807) is 5.57 Å². The van der Waals surface area contributed by atoms with Crippen LogP contribution in [0.25, 0.3) is 0 Å². The molecular formula is C29H48O. The van der Waals surface area contributed by atoms with Gasteiger partial charge in [0.15, 0.2) is 0 Å². The summed E-state index contributed by atoms with van der Waals surface area (Å²) in [6, 6.07) is 0. The average Bonchev–Trinajstić information content (AvgIpc) is 2.82. The molecule has 0 bridgehead atoms. The first-order valence-corrected chi connectivity index (χ1v) is 13.1. The summed E-state index contributed by atoms with van der Waals surface area (Å²) in [5, 5.41) is 10.8. The van der Waals surface area contributed by atoms with Gasteiger partial charge in [-0.2, -0.15) is 0 Å². The second-order valence-electron chi connectivity index (χ2n) is 14.9. The van der Waals surface area contributed by atoms with Crippen molar-refractivity contribution in [3.05, 3.63) is 11.6 Å². The number of fused-ring (bicyclic) bond motifs is 7. The quantitative estimate of drug-likeness (QED) is 0.403. The van der Waals surface area contributed by atoms with Crippen LogP contribution < -0.4 is 0 Å². The molecule has 0 amide bonds. The van der Waals surface area contributed by atoms with Crippen LogP contribution in [0, 0.1) is 50.2 Å². The lowest BCUT2D eigenvalue weighted by molar-refractivity contribution is -0.145. The predicted octanol–water partition coefficient (Wildman–Crippen LogP) is 7.78. The highest BCUT2D eigenvalue weighted by Crippen LogP contribution is 2.79. The highest BCUT2D eigenvalue weighted by Gasteiger charge is 2.72. The maximum atomic E-state index is 10.8. The summed E-state index contributed by atoms with van der Waals surface area (Å²) in [5.41, 5.74) is 3.96. The highest BCUT2D eigenvalue weighted by molar-refractivity contribution is 5.31. The van der Waals surface area contributed by atoms with Crippen molar-refractivity contribution in [1.29, 1.82) is 0 Å². The molecule has 0 radical (unpaired) electrons. The summed E-state index contributed by atoms with van der Waals surface area (Å²) in [6.07, 6.45) is 14.4. The fourth-order valence-electron chi connectivity index (χ4n) is 10.5. The Hall–Kier alpha value is -0.300. The summed E-state index contributed by atoms with van der Waals surface area (Å²) in [5.74, 6) is 2.37. The average molecular weight is 413 g/mol. The number of hydrogen-bond acceptors (Lipinski definition) is 1. The first kappa shape index (κ1) is 21.5. The molecular weight excluding hydrogens is 364 g/mol. The van der Waals surface area contributed by atoms with Crippen LogP contribution >= 0.6 is 0 Å². The Labute approximate surface area is 186 Å². The van der Waals surface area contributed by atoms with Crippen molar-refractivity contribution in [2.24, 2.45) is 50.2 Å². The van der Waals surface area contributed by atoms with Gasteiger partial charge in [0.1, 0.15) is 0 Å². The molecule has 0 spiro atoms. The molecule has 0 aromatic carbocycles. The van der Waals surface area contributed by atoms with Crippen molar-refractivity contribution in [3.63, 3.8) is 0 Å². The van der Waals surface area contributed by atoms with Gasteiger partial charge in [-0.25, -0.2) is 0 Å². The molecule has 0 unspecified atom stereocenters. The molecule has 170 valence electrons. The zero-order chi connectivity index (χ0) is 22.0. The smallest absolute Gasteiger partial charge is 0.0628 e. The summed E-state index contributed by atoms with van der Waals surface area (Å²) in [4.78, 5) is 0. The van der Waals surface area contributed by atoms with Crippen LogP contribution in [-0.4, -0.2) is 11.2 Å². The van der Waals surface area contributed by atoms with Crippen LogP contribution in [0.2, 0.25) is 0 Å². The van der Waals surface area contributed by atoms with Crippen molar-refractivity contribution in [1.82, 2.24) is 0 Å². The summed E-state index contributed by atoms with van der Waals surface area (Å²) < 4.78 is 0. The van der Waals surface area contributed by atoms with E-state index >= 15 is 0 Å². The van der Waals surface area contributed by atoms with Crippen molar-refractivity contribution in [3.8, 4) is 0 Å². The van der Waals surface area contributed by atoms with Gasteiger partial charge in [0.2, 0.25) is 0 Å². The lowest BCUT2D eigenvalue weighted by Crippen LogP contribution is -2.59. The van der Waals surface area contributed by atoms with E-state index in [0.29, 0.717) is 33.0 Å². The molecule has 1 N–H and O–H groups in total. The molecule has 30 heavy (non-hydrogen) atoms. The van der Waals surface area contributed by atoms with Gasteiger partial charge >= 0.3 is 0 Å². The molecule has 4 saturated carbocycles. The maximum Gasteiger partial charge on any atom is 0.0628 e. The first-order chi connectivity index (χ1) is 13.7. The second-order valence-corrected chi connectivity index (χ2v) is 14.9. The van der Waals surface area contributed by atoms with Crippen LogP contribution in [0.3, 0.4) is 0 Å². The molecule has 0 aromatic rings. The Kier molecular flexibility index (Phi) is 4.29. The lowest BCUT2D eigenvalue weighted by atomic mass is 9.39. The predicted molar refractivity (Wildman–Crippen MR) is 126 cm³/mol. The third kappa shape index (κ3) is 2.45. The maximum absolute atomic E-state index is 10.8. The molecule has 5 aliphatic rings. The second kappa shape index (κ2) is 5.98. The topological polar surface area (TPSA) is 20.2 Å². The number of aliphatic hydroxyl groups excluding tert-OH is 1. The van der Waals surface area contributed by atoms with E-state index in [-0.39, 0.29) is 11.5 Å². The molecule has 0 saturated heterocycles. The van der Waals surface area contributed by atoms with Gasteiger partial charge in [-0.05, 0) is 103 Å². The molecule has 5 aliphatic carbocycles. The lowest BCUT2D eigenvalue weighted by Gasteiger charge is -2.66.